The van der Waals surface area contributed by atoms with Gasteiger partial charge in [-0.2, -0.15) is 0 Å². The summed E-state index contributed by atoms with van der Waals surface area (Å²) in [6.45, 7) is 5.09. The van der Waals surface area contributed by atoms with Crippen molar-refractivity contribution in [3.8, 4) is 11.6 Å². The predicted molar refractivity (Wildman–Crippen MR) is 84.4 cm³/mol. The average molecular weight is 336 g/mol. The Labute approximate surface area is 127 Å². The van der Waals surface area contributed by atoms with E-state index in [1.807, 2.05) is 24.3 Å². The normalized spacial score (nSPS) is 10.3. The van der Waals surface area contributed by atoms with Crippen LogP contribution >= 0.6 is 15.9 Å². The zero-order chi connectivity index (χ0) is 14.4. The lowest BCUT2D eigenvalue weighted by atomic mass is 10.2. The van der Waals surface area contributed by atoms with Gasteiger partial charge in [0.15, 0.2) is 0 Å². The first-order valence-electron chi connectivity index (χ1n) is 6.75. The molecule has 0 unspecified atom stereocenters. The lowest BCUT2D eigenvalue weighted by Gasteiger charge is -2.13. The zero-order valence-corrected chi connectivity index (χ0v) is 13.3. The fourth-order valence-electron chi connectivity index (χ4n) is 1.84. The fraction of sp³-hybridized carbons (Fsp3) is 0.333. The Morgan fingerprint density at radius 2 is 2.10 bits per heavy atom. The van der Waals surface area contributed by atoms with Crippen molar-refractivity contribution in [2.45, 2.75) is 26.7 Å². The van der Waals surface area contributed by atoms with Gasteiger partial charge in [0.2, 0.25) is 5.88 Å². The lowest BCUT2D eigenvalue weighted by molar-refractivity contribution is 0.455. The van der Waals surface area contributed by atoms with E-state index in [2.05, 4.69) is 45.1 Å². The summed E-state index contributed by atoms with van der Waals surface area (Å²) in [5, 5.41) is 3.31. The number of hydrogen-bond acceptors (Lipinski definition) is 4. The molecule has 0 spiro atoms. The summed E-state index contributed by atoms with van der Waals surface area (Å²) in [7, 11) is 0. The van der Waals surface area contributed by atoms with Crippen LogP contribution in [0.2, 0.25) is 0 Å². The van der Waals surface area contributed by atoms with Crippen molar-refractivity contribution >= 4 is 21.7 Å². The Morgan fingerprint density at radius 3 is 2.80 bits per heavy atom. The molecular formula is C15H18BrN3O. The van der Waals surface area contributed by atoms with Crippen LogP contribution in [-0.4, -0.2) is 16.5 Å². The van der Waals surface area contributed by atoms with E-state index in [0.717, 1.165) is 41.0 Å². The Balaban J connectivity index is 2.26. The SMILES string of the molecule is CCCNc1ncnc(Oc2cccc(Br)c2)c1CC. The molecule has 4 nitrogen and oxygen atoms in total. The molecule has 0 aliphatic heterocycles. The molecule has 0 amide bonds. The summed E-state index contributed by atoms with van der Waals surface area (Å²) in [5.74, 6) is 2.22. The van der Waals surface area contributed by atoms with E-state index in [-0.39, 0.29) is 0 Å². The Kier molecular flexibility index (Phi) is 5.35. The summed E-state index contributed by atoms with van der Waals surface area (Å²) in [4.78, 5) is 8.55. The topological polar surface area (TPSA) is 47.0 Å². The van der Waals surface area contributed by atoms with Crippen LogP contribution in [0.1, 0.15) is 25.8 Å². The van der Waals surface area contributed by atoms with Gasteiger partial charge in [0.25, 0.3) is 0 Å². The van der Waals surface area contributed by atoms with E-state index >= 15 is 0 Å². The van der Waals surface area contributed by atoms with Crippen molar-refractivity contribution in [3.63, 3.8) is 0 Å². The third-order valence-electron chi connectivity index (χ3n) is 2.81. The van der Waals surface area contributed by atoms with E-state index in [9.17, 15) is 0 Å². The molecule has 5 heteroatoms. The van der Waals surface area contributed by atoms with Crippen molar-refractivity contribution in [2.24, 2.45) is 0 Å². The van der Waals surface area contributed by atoms with Crippen LogP contribution in [0.5, 0.6) is 11.6 Å². The van der Waals surface area contributed by atoms with Crippen molar-refractivity contribution < 1.29 is 4.74 Å². The molecule has 0 atom stereocenters. The van der Waals surface area contributed by atoms with Crippen LogP contribution < -0.4 is 10.1 Å². The first kappa shape index (κ1) is 14.8. The maximum atomic E-state index is 5.88. The van der Waals surface area contributed by atoms with Crippen LogP contribution in [0.4, 0.5) is 5.82 Å². The van der Waals surface area contributed by atoms with Gasteiger partial charge in [0.1, 0.15) is 17.9 Å². The van der Waals surface area contributed by atoms with Gasteiger partial charge in [0.05, 0.1) is 5.56 Å². The van der Waals surface area contributed by atoms with Crippen molar-refractivity contribution in [3.05, 3.63) is 40.6 Å². The highest BCUT2D eigenvalue weighted by Gasteiger charge is 2.11. The number of anilines is 1. The molecule has 2 rings (SSSR count). The minimum atomic E-state index is 0.610. The standard InChI is InChI=1S/C15H18BrN3O/c1-3-8-17-14-13(4-2)15(19-10-18-14)20-12-7-5-6-11(16)9-12/h5-7,9-10H,3-4,8H2,1-2H3,(H,17,18,19). The smallest absolute Gasteiger partial charge is 0.227 e. The summed E-state index contributed by atoms with van der Waals surface area (Å²) in [6, 6.07) is 7.72. The second-order valence-corrected chi connectivity index (χ2v) is 5.26. The molecule has 1 aromatic heterocycles. The largest absolute Gasteiger partial charge is 0.439 e. The van der Waals surface area contributed by atoms with E-state index in [0.29, 0.717) is 5.88 Å². The molecule has 1 heterocycles. The quantitative estimate of drug-likeness (QED) is 0.848. The van der Waals surface area contributed by atoms with Gasteiger partial charge in [-0.05, 0) is 31.0 Å². The molecule has 1 N–H and O–H groups in total. The highest BCUT2D eigenvalue weighted by atomic mass is 79.9. The third kappa shape index (κ3) is 3.70. The second-order valence-electron chi connectivity index (χ2n) is 4.35. The Bertz CT molecular complexity index is 575. The van der Waals surface area contributed by atoms with E-state index in [4.69, 9.17) is 4.74 Å². The molecule has 2 aromatic rings. The molecule has 0 aliphatic rings. The number of nitrogens with zero attached hydrogens (tertiary/aromatic N) is 2. The maximum Gasteiger partial charge on any atom is 0.227 e. The van der Waals surface area contributed by atoms with Crippen molar-refractivity contribution in [2.75, 3.05) is 11.9 Å². The summed E-state index contributed by atoms with van der Waals surface area (Å²) in [5.41, 5.74) is 1.00. The highest BCUT2D eigenvalue weighted by Crippen LogP contribution is 2.28. The highest BCUT2D eigenvalue weighted by molar-refractivity contribution is 9.10. The minimum absolute atomic E-state index is 0.610. The van der Waals surface area contributed by atoms with Crippen LogP contribution in [0, 0.1) is 0 Å². The fourth-order valence-corrected chi connectivity index (χ4v) is 2.22. The monoisotopic (exact) mass is 335 g/mol. The molecule has 20 heavy (non-hydrogen) atoms. The van der Waals surface area contributed by atoms with Gasteiger partial charge in [-0.1, -0.05) is 35.8 Å². The third-order valence-corrected chi connectivity index (χ3v) is 3.31. The molecule has 0 saturated heterocycles. The van der Waals surface area contributed by atoms with Crippen LogP contribution in [-0.2, 0) is 6.42 Å². The minimum Gasteiger partial charge on any atom is -0.439 e. The van der Waals surface area contributed by atoms with Gasteiger partial charge >= 0.3 is 0 Å². The number of hydrogen-bond donors (Lipinski definition) is 1. The molecule has 0 bridgehead atoms. The van der Waals surface area contributed by atoms with Gasteiger partial charge in [0, 0.05) is 11.0 Å². The van der Waals surface area contributed by atoms with Crippen LogP contribution in [0.3, 0.4) is 0 Å². The number of nitrogens with one attached hydrogen (secondary N) is 1. The zero-order valence-electron chi connectivity index (χ0n) is 11.7. The number of halogens is 1. The molecular weight excluding hydrogens is 318 g/mol. The Morgan fingerprint density at radius 1 is 1.25 bits per heavy atom. The second kappa shape index (κ2) is 7.24. The molecule has 0 radical (unpaired) electrons. The molecule has 106 valence electrons. The van der Waals surface area contributed by atoms with E-state index in [1.54, 1.807) is 0 Å². The lowest BCUT2D eigenvalue weighted by Crippen LogP contribution is -2.07. The first-order chi connectivity index (χ1) is 9.74. The van der Waals surface area contributed by atoms with Gasteiger partial charge in [-0.3, -0.25) is 0 Å². The van der Waals surface area contributed by atoms with Crippen LogP contribution in [0.25, 0.3) is 0 Å². The number of aromatic nitrogens is 2. The Hall–Kier alpha value is -1.62. The molecule has 0 saturated carbocycles. The van der Waals surface area contributed by atoms with Crippen molar-refractivity contribution in [1.29, 1.82) is 0 Å². The molecule has 0 fully saturated rings. The number of rotatable bonds is 6. The van der Waals surface area contributed by atoms with Gasteiger partial charge < -0.3 is 10.1 Å². The molecule has 1 aromatic carbocycles. The number of benzene rings is 1. The first-order valence-corrected chi connectivity index (χ1v) is 7.55. The van der Waals surface area contributed by atoms with E-state index in [1.165, 1.54) is 6.33 Å². The van der Waals surface area contributed by atoms with Crippen LogP contribution in [0.15, 0.2) is 35.1 Å². The molecule has 0 aliphatic carbocycles. The number of ether oxygens (including phenoxy) is 1. The summed E-state index contributed by atoms with van der Waals surface area (Å²) >= 11 is 3.43. The average Bonchev–Trinajstić information content (AvgIpc) is 2.45. The van der Waals surface area contributed by atoms with E-state index < -0.39 is 0 Å². The summed E-state index contributed by atoms with van der Waals surface area (Å²) < 4.78 is 6.86. The maximum absolute atomic E-state index is 5.88. The van der Waals surface area contributed by atoms with Crippen molar-refractivity contribution in [1.82, 2.24) is 9.97 Å². The predicted octanol–water partition coefficient (Wildman–Crippen LogP) is 4.42. The summed E-state index contributed by atoms with van der Waals surface area (Å²) in [6.07, 6.45) is 3.40. The van der Waals surface area contributed by atoms with Gasteiger partial charge in [-0.25, -0.2) is 9.97 Å². The van der Waals surface area contributed by atoms with Gasteiger partial charge in [-0.15, -0.1) is 0 Å².